The Labute approximate surface area is 64.1 Å². The fourth-order valence-electron chi connectivity index (χ4n) is 0.792. The lowest BCUT2D eigenvalue weighted by Gasteiger charge is -2.09. The number of rotatable bonds is 2. The van der Waals surface area contributed by atoms with Crippen molar-refractivity contribution in [3.63, 3.8) is 0 Å². The van der Waals surface area contributed by atoms with Crippen molar-refractivity contribution >= 4 is 0 Å². The molecule has 60 valence electrons. The molecule has 1 rings (SSSR count). The van der Waals surface area contributed by atoms with Crippen molar-refractivity contribution in [3.8, 4) is 0 Å². The maximum atomic E-state index is 11.0. The van der Waals surface area contributed by atoms with Gasteiger partial charge >= 0.3 is 5.69 Å². The van der Waals surface area contributed by atoms with Crippen molar-refractivity contribution in [2.75, 3.05) is 6.61 Å². The van der Waals surface area contributed by atoms with Crippen LogP contribution in [0.2, 0.25) is 0 Å². The topological polar surface area (TPSA) is 55.1 Å². The predicted molar refractivity (Wildman–Crippen MR) is 40.3 cm³/mol. The molecule has 1 aromatic rings. The number of aliphatic hydroxyl groups is 1. The van der Waals surface area contributed by atoms with Gasteiger partial charge in [0, 0.05) is 12.4 Å². The molecule has 0 spiro atoms. The van der Waals surface area contributed by atoms with E-state index in [1.807, 2.05) is 0 Å². The largest absolute Gasteiger partial charge is 0.394 e. The highest BCUT2D eigenvalue weighted by atomic mass is 16.3. The SMILES string of the molecule is CC(CO)n1cccnc1=O. The van der Waals surface area contributed by atoms with Gasteiger partial charge in [-0.2, -0.15) is 0 Å². The van der Waals surface area contributed by atoms with E-state index in [0.717, 1.165) is 0 Å². The summed E-state index contributed by atoms with van der Waals surface area (Å²) in [5.74, 6) is 0. The molecule has 4 heteroatoms. The Kier molecular flexibility index (Phi) is 2.38. The van der Waals surface area contributed by atoms with Gasteiger partial charge in [0.2, 0.25) is 0 Å². The number of aromatic nitrogens is 2. The summed E-state index contributed by atoms with van der Waals surface area (Å²) in [5.41, 5.74) is -0.325. The van der Waals surface area contributed by atoms with Crippen LogP contribution in [0.4, 0.5) is 0 Å². The molecular weight excluding hydrogens is 144 g/mol. The molecule has 0 saturated heterocycles. The zero-order valence-corrected chi connectivity index (χ0v) is 6.27. The maximum Gasteiger partial charge on any atom is 0.347 e. The van der Waals surface area contributed by atoms with Gasteiger partial charge in [0.15, 0.2) is 0 Å². The molecule has 0 bridgehead atoms. The van der Waals surface area contributed by atoms with E-state index >= 15 is 0 Å². The lowest BCUT2D eigenvalue weighted by atomic mass is 10.3. The molecule has 0 radical (unpaired) electrons. The van der Waals surface area contributed by atoms with Crippen LogP contribution < -0.4 is 5.69 Å². The number of nitrogens with zero attached hydrogens (tertiary/aromatic N) is 2. The molecule has 1 N–H and O–H groups in total. The summed E-state index contributed by atoms with van der Waals surface area (Å²) in [6.07, 6.45) is 3.04. The van der Waals surface area contributed by atoms with Gasteiger partial charge in [-0.25, -0.2) is 9.78 Å². The Morgan fingerprint density at radius 1 is 1.82 bits per heavy atom. The molecule has 1 heterocycles. The molecule has 0 amide bonds. The van der Waals surface area contributed by atoms with Crippen LogP contribution in [0.15, 0.2) is 23.3 Å². The standard InChI is InChI=1S/C7H10N2O2/c1-6(5-10)9-4-2-3-8-7(9)11/h2-4,6,10H,5H2,1H3. The van der Waals surface area contributed by atoms with E-state index < -0.39 is 0 Å². The maximum absolute atomic E-state index is 11.0. The minimum absolute atomic E-state index is 0.0500. The molecule has 0 saturated carbocycles. The molecule has 1 aromatic heterocycles. The fraction of sp³-hybridized carbons (Fsp3) is 0.429. The summed E-state index contributed by atoms with van der Waals surface area (Å²) in [5, 5.41) is 8.73. The first kappa shape index (κ1) is 7.94. The summed E-state index contributed by atoms with van der Waals surface area (Å²) in [6.45, 7) is 1.70. The van der Waals surface area contributed by atoms with Crippen LogP contribution in [0.3, 0.4) is 0 Å². The van der Waals surface area contributed by atoms with E-state index in [1.54, 1.807) is 19.2 Å². The van der Waals surface area contributed by atoms with Gasteiger partial charge in [-0.05, 0) is 13.0 Å². The highest BCUT2D eigenvalue weighted by Gasteiger charge is 2.02. The van der Waals surface area contributed by atoms with Gasteiger partial charge in [0.05, 0.1) is 12.6 Å². The van der Waals surface area contributed by atoms with E-state index in [2.05, 4.69) is 4.98 Å². The van der Waals surface area contributed by atoms with Crippen LogP contribution in [-0.4, -0.2) is 21.3 Å². The minimum Gasteiger partial charge on any atom is -0.394 e. The van der Waals surface area contributed by atoms with Crippen molar-refractivity contribution in [2.45, 2.75) is 13.0 Å². The zero-order chi connectivity index (χ0) is 8.27. The first-order chi connectivity index (χ1) is 5.25. The molecule has 1 atom stereocenters. The summed E-state index contributed by atoms with van der Waals surface area (Å²) in [7, 11) is 0. The van der Waals surface area contributed by atoms with E-state index in [0.29, 0.717) is 0 Å². The summed E-state index contributed by atoms with van der Waals surface area (Å²) in [4.78, 5) is 14.5. The molecule has 1 unspecified atom stereocenters. The molecule has 4 nitrogen and oxygen atoms in total. The van der Waals surface area contributed by atoms with Gasteiger partial charge in [0.1, 0.15) is 0 Å². The van der Waals surface area contributed by atoms with Crippen LogP contribution in [-0.2, 0) is 0 Å². The van der Waals surface area contributed by atoms with Crippen LogP contribution in [0.25, 0.3) is 0 Å². The van der Waals surface area contributed by atoms with Gasteiger partial charge in [-0.3, -0.25) is 4.57 Å². The molecule has 0 aliphatic carbocycles. The predicted octanol–water partition coefficient (Wildman–Crippen LogP) is -0.203. The first-order valence-electron chi connectivity index (χ1n) is 3.39. The second-order valence-electron chi connectivity index (χ2n) is 2.34. The Balaban J connectivity index is 3.03. The van der Waals surface area contributed by atoms with Crippen LogP contribution in [0.1, 0.15) is 13.0 Å². The second kappa shape index (κ2) is 3.30. The normalized spacial score (nSPS) is 12.9. The average molecular weight is 154 g/mol. The monoisotopic (exact) mass is 154 g/mol. The number of hydrogen-bond donors (Lipinski definition) is 1. The molecular formula is C7H10N2O2. The van der Waals surface area contributed by atoms with Crippen LogP contribution in [0.5, 0.6) is 0 Å². The van der Waals surface area contributed by atoms with E-state index in [-0.39, 0.29) is 18.3 Å². The second-order valence-corrected chi connectivity index (χ2v) is 2.34. The van der Waals surface area contributed by atoms with Gasteiger partial charge in [-0.15, -0.1) is 0 Å². The highest BCUT2D eigenvalue weighted by Crippen LogP contribution is 1.96. The third-order valence-electron chi connectivity index (χ3n) is 1.48. The van der Waals surface area contributed by atoms with Crippen molar-refractivity contribution in [1.82, 2.24) is 9.55 Å². The molecule has 0 aliphatic heterocycles. The smallest absolute Gasteiger partial charge is 0.347 e. The third-order valence-corrected chi connectivity index (χ3v) is 1.48. The van der Waals surface area contributed by atoms with Crippen LogP contribution in [0, 0.1) is 0 Å². The minimum atomic E-state index is -0.325. The summed E-state index contributed by atoms with van der Waals surface area (Å²) < 4.78 is 1.39. The Bertz CT molecular complexity index is 282. The van der Waals surface area contributed by atoms with Crippen molar-refractivity contribution in [3.05, 3.63) is 28.9 Å². The summed E-state index contributed by atoms with van der Waals surface area (Å²) in [6, 6.07) is 1.46. The fourth-order valence-corrected chi connectivity index (χ4v) is 0.792. The molecule has 11 heavy (non-hydrogen) atoms. The van der Waals surface area contributed by atoms with Gasteiger partial charge < -0.3 is 5.11 Å². The molecule has 0 aromatic carbocycles. The lowest BCUT2D eigenvalue weighted by Crippen LogP contribution is -2.26. The Morgan fingerprint density at radius 3 is 3.09 bits per heavy atom. The number of hydrogen-bond acceptors (Lipinski definition) is 3. The van der Waals surface area contributed by atoms with Crippen LogP contribution >= 0.6 is 0 Å². The Hall–Kier alpha value is -1.16. The summed E-state index contributed by atoms with van der Waals surface area (Å²) >= 11 is 0. The quantitative estimate of drug-likeness (QED) is 0.641. The van der Waals surface area contributed by atoms with Gasteiger partial charge in [-0.1, -0.05) is 0 Å². The van der Waals surface area contributed by atoms with Crippen molar-refractivity contribution in [1.29, 1.82) is 0 Å². The van der Waals surface area contributed by atoms with Crippen molar-refractivity contribution < 1.29 is 5.11 Å². The molecule has 0 fully saturated rings. The zero-order valence-electron chi connectivity index (χ0n) is 6.27. The average Bonchev–Trinajstić information content (AvgIpc) is 2.04. The third kappa shape index (κ3) is 1.65. The lowest BCUT2D eigenvalue weighted by molar-refractivity contribution is 0.235. The first-order valence-corrected chi connectivity index (χ1v) is 3.39. The van der Waals surface area contributed by atoms with E-state index in [1.165, 1.54) is 10.8 Å². The van der Waals surface area contributed by atoms with E-state index in [4.69, 9.17) is 5.11 Å². The highest BCUT2D eigenvalue weighted by molar-refractivity contribution is 4.83. The van der Waals surface area contributed by atoms with E-state index in [9.17, 15) is 4.79 Å². The Morgan fingerprint density at radius 2 is 2.55 bits per heavy atom. The number of aliphatic hydroxyl groups excluding tert-OH is 1. The van der Waals surface area contributed by atoms with Gasteiger partial charge in [0.25, 0.3) is 0 Å². The molecule has 0 aliphatic rings. The van der Waals surface area contributed by atoms with Crippen molar-refractivity contribution in [2.24, 2.45) is 0 Å².